The molecule has 3 unspecified atom stereocenters. The van der Waals surface area contributed by atoms with Crippen molar-refractivity contribution in [1.82, 2.24) is 4.90 Å². The number of ether oxygens (including phenoxy) is 1. The fourth-order valence-corrected chi connectivity index (χ4v) is 3.21. The van der Waals surface area contributed by atoms with Crippen LogP contribution in [0.2, 0.25) is 0 Å². The number of hydrogen-bond acceptors (Lipinski definition) is 3. The summed E-state index contributed by atoms with van der Waals surface area (Å²) in [4.78, 5) is 2.26. The summed E-state index contributed by atoms with van der Waals surface area (Å²) in [5, 5.41) is 10.5. The summed E-state index contributed by atoms with van der Waals surface area (Å²) in [5.41, 5.74) is 0.913. The van der Waals surface area contributed by atoms with Gasteiger partial charge in [0.05, 0.1) is 6.10 Å². The minimum Gasteiger partial charge on any atom is -0.490 e. The first-order valence-electron chi connectivity index (χ1n) is 5.98. The first-order chi connectivity index (χ1) is 8.15. The van der Waals surface area contributed by atoms with Gasteiger partial charge in [-0.25, -0.2) is 0 Å². The van der Waals surface area contributed by atoms with E-state index in [1.54, 1.807) is 0 Å². The molecule has 92 valence electrons. The van der Waals surface area contributed by atoms with Crippen molar-refractivity contribution in [2.75, 3.05) is 20.1 Å². The Morgan fingerprint density at radius 3 is 3.12 bits per heavy atom. The third-order valence-electron chi connectivity index (χ3n) is 3.77. The molecule has 3 rings (SSSR count). The van der Waals surface area contributed by atoms with E-state index in [1.165, 1.54) is 0 Å². The summed E-state index contributed by atoms with van der Waals surface area (Å²) >= 11 is 3.44. The predicted octanol–water partition coefficient (Wildman–Crippen LogP) is 2.20. The molecule has 0 aromatic heterocycles. The van der Waals surface area contributed by atoms with Gasteiger partial charge in [-0.05, 0) is 31.7 Å². The fourth-order valence-electron chi connectivity index (χ4n) is 2.83. The molecule has 2 aliphatic heterocycles. The van der Waals surface area contributed by atoms with E-state index in [2.05, 4.69) is 27.9 Å². The summed E-state index contributed by atoms with van der Waals surface area (Å²) in [7, 11) is 2.10. The van der Waals surface area contributed by atoms with Crippen molar-refractivity contribution in [3.05, 3.63) is 28.2 Å². The molecule has 0 aliphatic carbocycles. The molecule has 0 radical (unpaired) electrons. The molecular weight excluding hydrogens is 282 g/mol. The summed E-state index contributed by atoms with van der Waals surface area (Å²) < 4.78 is 6.99. The van der Waals surface area contributed by atoms with E-state index in [9.17, 15) is 5.11 Å². The number of hydrogen-bond donors (Lipinski definition) is 1. The van der Waals surface area contributed by atoms with Crippen LogP contribution < -0.4 is 4.74 Å². The lowest BCUT2D eigenvalue weighted by Crippen LogP contribution is -2.48. The molecule has 17 heavy (non-hydrogen) atoms. The Morgan fingerprint density at radius 2 is 2.29 bits per heavy atom. The monoisotopic (exact) mass is 297 g/mol. The smallest absolute Gasteiger partial charge is 0.125 e. The summed E-state index contributed by atoms with van der Waals surface area (Å²) in [6, 6.07) is 5.86. The van der Waals surface area contributed by atoms with Gasteiger partial charge in [0.1, 0.15) is 11.9 Å². The fraction of sp³-hybridized carbons (Fsp3) is 0.538. The SMILES string of the molecule is CN1CCC2Oc3ccc(Br)cc3C(O)C2C1. The Balaban J connectivity index is 1.96. The number of aliphatic hydroxyl groups excluding tert-OH is 1. The molecule has 4 heteroatoms. The number of fused-ring (bicyclic) bond motifs is 2. The summed E-state index contributed by atoms with van der Waals surface area (Å²) in [6.07, 6.45) is 0.743. The molecule has 1 fully saturated rings. The topological polar surface area (TPSA) is 32.7 Å². The van der Waals surface area contributed by atoms with Gasteiger partial charge in [0, 0.05) is 29.0 Å². The largest absolute Gasteiger partial charge is 0.490 e. The standard InChI is InChI=1S/C13H16BrNO2/c1-15-5-4-12-10(7-15)13(16)9-6-8(14)2-3-11(9)17-12/h2-3,6,10,12-13,16H,4-5,7H2,1H3. The minimum atomic E-state index is -0.413. The van der Waals surface area contributed by atoms with E-state index in [0.717, 1.165) is 35.3 Å². The highest BCUT2D eigenvalue weighted by Gasteiger charge is 2.40. The van der Waals surface area contributed by atoms with Crippen LogP contribution in [0.1, 0.15) is 18.1 Å². The van der Waals surface area contributed by atoms with Crippen LogP contribution in [0.5, 0.6) is 5.75 Å². The van der Waals surface area contributed by atoms with Crippen LogP contribution in [-0.2, 0) is 0 Å². The zero-order chi connectivity index (χ0) is 12.0. The van der Waals surface area contributed by atoms with E-state index in [1.807, 2.05) is 18.2 Å². The van der Waals surface area contributed by atoms with Crippen LogP contribution in [0.3, 0.4) is 0 Å². The molecule has 1 N–H and O–H groups in total. The van der Waals surface area contributed by atoms with Crippen molar-refractivity contribution in [3.63, 3.8) is 0 Å². The number of nitrogens with zero attached hydrogens (tertiary/aromatic N) is 1. The van der Waals surface area contributed by atoms with Crippen molar-refractivity contribution in [1.29, 1.82) is 0 Å². The molecule has 2 heterocycles. The van der Waals surface area contributed by atoms with Crippen LogP contribution >= 0.6 is 15.9 Å². The van der Waals surface area contributed by atoms with Gasteiger partial charge in [-0.3, -0.25) is 0 Å². The van der Waals surface area contributed by atoms with Crippen LogP contribution in [0, 0.1) is 5.92 Å². The lowest BCUT2D eigenvalue weighted by molar-refractivity contribution is -0.0419. The Hall–Kier alpha value is -0.580. The molecule has 0 bridgehead atoms. The normalized spacial score (nSPS) is 32.5. The average Bonchev–Trinajstić information content (AvgIpc) is 2.32. The maximum absolute atomic E-state index is 10.5. The minimum absolute atomic E-state index is 0.162. The molecule has 0 saturated carbocycles. The van der Waals surface area contributed by atoms with Crippen LogP contribution in [-0.4, -0.2) is 36.2 Å². The Labute approximate surface area is 110 Å². The Bertz CT molecular complexity index is 437. The number of benzene rings is 1. The zero-order valence-electron chi connectivity index (χ0n) is 9.77. The number of likely N-dealkylation sites (tertiary alicyclic amines) is 1. The molecule has 3 nitrogen and oxygen atoms in total. The lowest BCUT2D eigenvalue weighted by Gasteiger charge is -2.43. The highest BCUT2D eigenvalue weighted by molar-refractivity contribution is 9.10. The third-order valence-corrected chi connectivity index (χ3v) is 4.26. The second-order valence-corrected chi connectivity index (χ2v) is 5.91. The average molecular weight is 298 g/mol. The van der Waals surface area contributed by atoms with Gasteiger partial charge in [-0.2, -0.15) is 0 Å². The number of rotatable bonds is 0. The van der Waals surface area contributed by atoms with Gasteiger partial charge in [0.2, 0.25) is 0 Å². The Kier molecular flexibility index (Phi) is 2.89. The van der Waals surface area contributed by atoms with Gasteiger partial charge in [-0.15, -0.1) is 0 Å². The predicted molar refractivity (Wildman–Crippen MR) is 69.1 cm³/mol. The maximum Gasteiger partial charge on any atom is 0.125 e. The van der Waals surface area contributed by atoms with Crippen molar-refractivity contribution < 1.29 is 9.84 Å². The number of aliphatic hydroxyl groups is 1. The van der Waals surface area contributed by atoms with E-state index >= 15 is 0 Å². The Morgan fingerprint density at radius 1 is 1.47 bits per heavy atom. The van der Waals surface area contributed by atoms with Crippen molar-refractivity contribution in [2.24, 2.45) is 5.92 Å². The molecule has 0 spiro atoms. The highest BCUT2D eigenvalue weighted by atomic mass is 79.9. The van der Waals surface area contributed by atoms with Gasteiger partial charge < -0.3 is 14.7 Å². The number of halogens is 1. The zero-order valence-corrected chi connectivity index (χ0v) is 11.4. The van der Waals surface area contributed by atoms with E-state index in [0.29, 0.717) is 0 Å². The van der Waals surface area contributed by atoms with Gasteiger partial charge in [0.15, 0.2) is 0 Å². The van der Waals surface area contributed by atoms with Crippen LogP contribution in [0.25, 0.3) is 0 Å². The first-order valence-corrected chi connectivity index (χ1v) is 6.77. The molecule has 3 atom stereocenters. The molecule has 2 aliphatic rings. The summed E-state index contributed by atoms with van der Waals surface area (Å²) in [6.45, 7) is 1.94. The van der Waals surface area contributed by atoms with E-state index < -0.39 is 6.10 Å². The molecule has 0 amide bonds. The third kappa shape index (κ3) is 1.98. The quantitative estimate of drug-likeness (QED) is 0.797. The number of piperidine rings is 1. The van der Waals surface area contributed by atoms with E-state index in [4.69, 9.17) is 4.74 Å². The van der Waals surface area contributed by atoms with Gasteiger partial charge >= 0.3 is 0 Å². The van der Waals surface area contributed by atoms with Crippen molar-refractivity contribution >= 4 is 15.9 Å². The lowest BCUT2D eigenvalue weighted by atomic mass is 9.83. The van der Waals surface area contributed by atoms with Crippen LogP contribution in [0.15, 0.2) is 22.7 Å². The van der Waals surface area contributed by atoms with Crippen molar-refractivity contribution in [2.45, 2.75) is 18.6 Å². The molecule has 1 aromatic rings. The molecule has 1 saturated heterocycles. The summed E-state index contributed by atoms with van der Waals surface area (Å²) in [5.74, 6) is 1.03. The second kappa shape index (κ2) is 4.26. The first kappa shape index (κ1) is 11.5. The van der Waals surface area contributed by atoms with E-state index in [-0.39, 0.29) is 12.0 Å². The maximum atomic E-state index is 10.5. The van der Waals surface area contributed by atoms with Crippen molar-refractivity contribution in [3.8, 4) is 5.75 Å². The second-order valence-electron chi connectivity index (χ2n) is 5.00. The van der Waals surface area contributed by atoms with Crippen LogP contribution in [0.4, 0.5) is 0 Å². The molecular formula is C13H16BrNO2. The van der Waals surface area contributed by atoms with Gasteiger partial charge in [-0.1, -0.05) is 15.9 Å². The highest BCUT2D eigenvalue weighted by Crippen LogP contribution is 2.42. The van der Waals surface area contributed by atoms with Gasteiger partial charge in [0.25, 0.3) is 0 Å². The molecule has 1 aromatic carbocycles.